The standard InChI is InChI=1S/C19H12ClF3N4O4/c1-10-24-16(19(21,22)23)9-17(25-10)31-13-5-3-12(4-6-13)26-18(28)11-2-7-14(20)15(8-11)27(29)30/h2-9H,1H3,(H,26,28). The van der Waals surface area contributed by atoms with Gasteiger partial charge in [0.1, 0.15) is 16.6 Å². The summed E-state index contributed by atoms with van der Waals surface area (Å²) in [4.78, 5) is 29.7. The van der Waals surface area contributed by atoms with Crippen LogP contribution >= 0.6 is 11.6 Å². The van der Waals surface area contributed by atoms with Crippen molar-refractivity contribution in [3.8, 4) is 11.6 Å². The van der Waals surface area contributed by atoms with Gasteiger partial charge in [0.2, 0.25) is 5.88 Å². The molecule has 0 saturated carbocycles. The van der Waals surface area contributed by atoms with Crippen molar-refractivity contribution >= 4 is 28.9 Å². The monoisotopic (exact) mass is 452 g/mol. The molecule has 3 aromatic rings. The lowest BCUT2D eigenvalue weighted by atomic mass is 10.2. The van der Waals surface area contributed by atoms with Gasteiger partial charge in [-0.25, -0.2) is 4.98 Å². The van der Waals surface area contributed by atoms with E-state index in [4.69, 9.17) is 16.3 Å². The van der Waals surface area contributed by atoms with Gasteiger partial charge in [-0.05, 0) is 43.3 Å². The third kappa shape index (κ3) is 5.45. The molecule has 1 N–H and O–H groups in total. The van der Waals surface area contributed by atoms with E-state index in [0.717, 1.165) is 6.07 Å². The topological polar surface area (TPSA) is 107 Å². The van der Waals surface area contributed by atoms with Gasteiger partial charge in [0.25, 0.3) is 11.6 Å². The molecule has 0 unspecified atom stereocenters. The predicted molar refractivity (Wildman–Crippen MR) is 104 cm³/mol. The summed E-state index contributed by atoms with van der Waals surface area (Å²) >= 11 is 5.73. The second-order valence-electron chi connectivity index (χ2n) is 6.14. The van der Waals surface area contributed by atoms with Crippen LogP contribution in [-0.4, -0.2) is 20.8 Å². The summed E-state index contributed by atoms with van der Waals surface area (Å²) in [7, 11) is 0. The number of alkyl halides is 3. The molecular weight excluding hydrogens is 441 g/mol. The van der Waals surface area contributed by atoms with Crippen molar-refractivity contribution in [2.45, 2.75) is 13.1 Å². The van der Waals surface area contributed by atoms with E-state index >= 15 is 0 Å². The average molecular weight is 453 g/mol. The number of nitro benzene ring substituents is 1. The molecule has 160 valence electrons. The van der Waals surface area contributed by atoms with E-state index in [9.17, 15) is 28.1 Å². The van der Waals surface area contributed by atoms with Gasteiger partial charge in [0.05, 0.1) is 4.92 Å². The number of anilines is 1. The van der Waals surface area contributed by atoms with Crippen LogP contribution in [0.4, 0.5) is 24.5 Å². The highest BCUT2D eigenvalue weighted by molar-refractivity contribution is 6.32. The Morgan fingerprint density at radius 3 is 2.42 bits per heavy atom. The maximum absolute atomic E-state index is 12.9. The van der Waals surface area contributed by atoms with Crippen LogP contribution in [0.25, 0.3) is 0 Å². The van der Waals surface area contributed by atoms with Gasteiger partial charge < -0.3 is 10.1 Å². The minimum absolute atomic E-state index is 0.0209. The molecule has 0 aliphatic heterocycles. The van der Waals surface area contributed by atoms with E-state index in [1.807, 2.05) is 0 Å². The molecule has 0 saturated heterocycles. The third-order valence-corrected chi connectivity index (χ3v) is 4.16. The van der Waals surface area contributed by atoms with E-state index in [-0.39, 0.29) is 28.0 Å². The normalized spacial score (nSPS) is 11.1. The maximum Gasteiger partial charge on any atom is 0.433 e. The summed E-state index contributed by atoms with van der Waals surface area (Å²) in [5, 5.41) is 13.4. The molecular formula is C19H12ClF3N4O4. The Balaban J connectivity index is 1.73. The molecule has 1 amide bonds. The van der Waals surface area contributed by atoms with Crippen LogP contribution < -0.4 is 10.1 Å². The Hall–Kier alpha value is -3.73. The van der Waals surface area contributed by atoms with Gasteiger partial charge in [-0.2, -0.15) is 18.2 Å². The van der Waals surface area contributed by atoms with Gasteiger partial charge >= 0.3 is 6.18 Å². The van der Waals surface area contributed by atoms with Crippen LogP contribution in [0.5, 0.6) is 11.6 Å². The molecule has 8 nitrogen and oxygen atoms in total. The van der Waals surface area contributed by atoms with Crippen molar-refractivity contribution in [3.05, 3.63) is 80.7 Å². The summed E-state index contributed by atoms with van der Waals surface area (Å²) < 4.78 is 43.9. The summed E-state index contributed by atoms with van der Waals surface area (Å²) in [5.74, 6) is -0.836. The Labute approximate surface area is 177 Å². The van der Waals surface area contributed by atoms with E-state index in [1.54, 1.807) is 0 Å². The average Bonchev–Trinajstić information content (AvgIpc) is 2.68. The van der Waals surface area contributed by atoms with E-state index in [0.29, 0.717) is 11.8 Å². The molecule has 3 rings (SSSR count). The third-order valence-electron chi connectivity index (χ3n) is 3.84. The molecule has 0 aliphatic carbocycles. The van der Waals surface area contributed by atoms with Crippen LogP contribution in [0.2, 0.25) is 5.02 Å². The zero-order chi connectivity index (χ0) is 22.8. The van der Waals surface area contributed by atoms with Crippen LogP contribution in [0.15, 0.2) is 48.5 Å². The van der Waals surface area contributed by atoms with Crippen LogP contribution in [-0.2, 0) is 6.18 Å². The lowest BCUT2D eigenvalue weighted by Crippen LogP contribution is -2.12. The van der Waals surface area contributed by atoms with E-state index < -0.39 is 28.4 Å². The van der Waals surface area contributed by atoms with Gasteiger partial charge in [-0.15, -0.1) is 0 Å². The Kier molecular flexibility index (Phi) is 6.07. The molecule has 0 atom stereocenters. The number of hydrogen-bond acceptors (Lipinski definition) is 6. The highest BCUT2D eigenvalue weighted by Crippen LogP contribution is 2.31. The summed E-state index contributed by atoms with van der Waals surface area (Å²) in [5.41, 5.74) is -1.19. The molecule has 2 aromatic carbocycles. The first-order valence-electron chi connectivity index (χ1n) is 8.49. The second-order valence-corrected chi connectivity index (χ2v) is 6.55. The quantitative estimate of drug-likeness (QED) is 0.409. The number of carbonyl (C=O) groups is 1. The number of aryl methyl sites for hydroxylation is 1. The fourth-order valence-corrected chi connectivity index (χ4v) is 2.65. The lowest BCUT2D eigenvalue weighted by Gasteiger charge is -2.10. The number of nitro groups is 1. The molecule has 12 heteroatoms. The highest BCUT2D eigenvalue weighted by atomic mass is 35.5. The number of nitrogens with one attached hydrogen (secondary N) is 1. The number of hydrogen-bond donors (Lipinski definition) is 1. The fraction of sp³-hybridized carbons (Fsp3) is 0.105. The van der Waals surface area contributed by atoms with Crippen LogP contribution in [0.3, 0.4) is 0 Å². The van der Waals surface area contributed by atoms with Crippen molar-refractivity contribution < 1.29 is 27.6 Å². The van der Waals surface area contributed by atoms with Crippen molar-refractivity contribution in [3.63, 3.8) is 0 Å². The van der Waals surface area contributed by atoms with Crippen LogP contribution in [0.1, 0.15) is 21.9 Å². The fourth-order valence-electron chi connectivity index (χ4n) is 2.46. The first kappa shape index (κ1) is 22.0. The number of nitrogens with zero attached hydrogens (tertiary/aromatic N) is 3. The highest BCUT2D eigenvalue weighted by Gasteiger charge is 2.33. The van der Waals surface area contributed by atoms with Gasteiger partial charge in [-0.1, -0.05) is 11.6 Å². The Morgan fingerprint density at radius 2 is 1.81 bits per heavy atom. The van der Waals surface area contributed by atoms with Crippen molar-refractivity contribution in [2.24, 2.45) is 0 Å². The Morgan fingerprint density at radius 1 is 1.13 bits per heavy atom. The molecule has 0 aliphatic rings. The smallest absolute Gasteiger partial charge is 0.433 e. The minimum Gasteiger partial charge on any atom is -0.439 e. The first-order valence-corrected chi connectivity index (χ1v) is 8.87. The number of halogens is 4. The van der Waals surface area contributed by atoms with Gasteiger partial charge in [0, 0.05) is 23.4 Å². The zero-order valence-electron chi connectivity index (χ0n) is 15.6. The zero-order valence-corrected chi connectivity index (χ0v) is 16.4. The largest absolute Gasteiger partial charge is 0.439 e. The van der Waals surface area contributed by atoms with E-state index in [2.05, 4.69) is 15.3 Å². The SMILES string of the molecule is Cc1nc(Oc2ccc(NC(=O)c3ccc(Cl)c([N+](=O)[O-])c3)cc2)cc(C(F)(F)F)n1. The van der Waals surface area contributed by atoms with Crippen LogP contribution in [0, 0.1) is 17.0 Å². The maximum atomic E-state index is 12.9. The number of amides is 1. The molecule has 1 aromatic heterocycles. The summed E-state index contributed by atoms with van der Waals surface area (Å²) in [6.07, 6.45) is -4.64. The number of rotatable bonds is 5. The van der Waals surface area contributed by atoms with Gasteiger partial charge in [0.15, 0.2) is 5.69 Å². The molecule has 31 heavy (non-hydrogen) atoms. The number of aromatic nitrogens is 2. The molecule has 0 spiro atoms. The number of benzene rings is 2. The van der Waals surface area contributed by atoms with Crippen molar-refractivity contribution in [2.75, 3.05) is 5.32 Å². The number of ether oxygens (including phenoxy) is 1. The summed E-state index contributed by atoms with van der Waals surface area (Å²) in [6.45, 7) is 1.31. The predicted octanol–water partition coefficient (Wildman–Crippen LogP) is 5.41. The first-order chi connectivity index (χ1) is 14.5. The Bertz CT molecular complexity index is 1150. The minimum atomic E-state index is -4.64. The molecule has 0 radical (unpaired) electrons. The summed E-state index contributed by atoms with van der Waals surface area (Å²) in [6, 6.07) is 9.99. The molecule has 1 heterocycles. The van der Waals surface area contributed by atoms with Crippen molar-refractivity contribution in [1.82, 2.24) is 9.97 Å². The van der Waals surface area contributed by atoms with Crippen molar-refractivity contribution in [1.29, 1.82) is 0 Å². The second kappa shape index (κ2) is 8.56. The molecule has 0 bridgehead atoms. The van der Waals surface area contributed by atoms with E-state index in [1.165, 1.54) is 43.3 Å². The lowest BCUT2D eigenvalue weighted by molar-refractivity contribution is -0.384. The molecule has 0 fully saturated rings. The van der Waals surface area contributed by atoms with Gasteiger partial charge in [-0.3, -0.25) is 14.9 Å². The number of carbonyl (C=O) groups excluding carboxylic acids is 1.